The lowest BCUT2D eigenvalue weighted by molar-refractivity contribution is -0.119. The second-order valence-electron chi connectivity index (χ2n) is 6.13. The lowest BCUT2D eigenvalue weighted by Crippen LogP contribution is -2.39. The van der Waals surface area contributed by atoms with Crippen molar-refractivity contribution in [1.29, 1.82) is 0 Å². The van der Waals surface area contributed by atoms with E-state index in [1.165, 1.54) is 50.8 Å². The Morgan fingerprint density at radius 1 is 1.09 bits per heavy atom. The Hall–Kier alpha value is -3.02. The zero-order chi connectivity index (χ0) is 23.9. The van der Waals surface area contributed by atoms with E-state index >= 15 is 0 Å². The van der Waals surface area contributed by atoms with E-state index in [1.807, 2.05) is 0 Å². The summed E-state index contributed by atoms with van der Waals surface area (Å²) in [5, 5.41) is 4.19. The summed E-state index contributed by atoms with van der Waals surface area (Å²) in [6, 6.07) is 8.70. The molecule has 2 rings (SSSR count). The van der Waals surface area contributed by atoms with Crippen molar-refractivity contribution in [2.45, 2.75) is 0 Å². The van der Waals surface area contributed by atoms with Crippen molar-refractivity contribution in [2.24, 2.45) is 5.10 Å². The summed E-state index contributed by atoms with van der Waals surface area (Å²) in [5.41, 5.74) is 2.92. The summed E-state index contributed by atoms with van der Waals surface area (Å²) in [6.45, 7) is -0.538. The van der Waals surface area contributed by atoms with E-state index < -0.39 is 28.6 Å². The number of nitrogens with zero attached hydrogens (tertiary/aromatic N) is 2. The van der Waals surface area contributed by atoms with Crippen molar-refractivity contribution >= 4 is 57.2 Å². The van der Waals surface area contributed by atoms with Gasteiger partial charge >= 0.3 is 6.16 Å². The van der Waals surface area contributed by atoms with E-state index in [2.05, 4.69) is 15.3 Å². The Kier molecular flexibility index (Phi) is 8.70. The number of methoxy groups -OCH3 is 2. The maximum absolute atomic E-state index is 12.3. The number of halogens is 2. The molecule has 0 spiro atoms. The van der Waals surface area contributed by atoms with Crippen LogP contribution in [-0.2, 0) is 19.6 Å². The first-order chi connectivity index (χ1) is 15.0. The zero-order valence-electron chi connectivity index (χ0n) is 17.2. The van der Waals surface area contributed by atoms with Gasteiger partial charge in [-0.2, -0.15) is 5.10 Å². The Morgan fingerprint density at radius 3 is 2.41 bits per heavy atom. The van der Waals surface area contributed by atoms with Crippen LogP contribution in [-0.4, -0.2) is 53.7 Å². The molecule has 1 amide bonds. The highest BCUT2D eigenvalue weighted by molar-refractivity contribution is 7.92. The van der Waals surface area contributed by atoms with Crippen molar-refractivity contribution in [3.63, 3.8) is 0 Å². The first-order valence-electron chi connectivity index (χ1n) is 8.73. The number of hydrogen-bond donors (Lipinski definition) is 1. The number of rotatable bonds is 8. The molecule has 0 radical (unpaired) electrons. The summed E-state index contributed by atoms with van der Waals surface area (Å²) in [5.74, 6) is -0.338. The minimum Gasteiger partial charge on any atom is -0.493 e. The molecule has 0 bridgehead atoms. The minimum absolute atomic E-state index is 0.131. The number of amides is 1. The van der Waals surface area contributed by atoms with Gasteiger partial charge in [-0.1, -0.05) is 23.2 Å². The first kappa shape index (κ1) is 25.2. The van der Waals surface area contributed by atoms with Crippen LogP contribution >= 0.6 is 23.2 Å². The fourth-order valence-corrected chi connectivity index (χ4v) is 3.51. The predicted molar refractivity (Wildman–Crippen MR) is 120 cm³/mol. The van der Waals surface area contributed by atoms with Crippen LogP contribution in [0, 0.1) is 0 Å². The second kappa shape index (κ2) is 11.0. The number of hydrazone groups is 1. The van der Waals surface area contributed by atoms with Gasteiger partial charge in [0, 0.05) is 0 Å². The van der Waals surface area contributed by atoms with Gasteiger partial charge in [-0.3, -0.25) is 9.10 Å². The van der Waals surface area contributed by atoms with Crippen LogP contribution in [0.5, 0.6) is 11.5 Å². The van der Waals surface area contributed by atoms with Crippen molar-refractivity contribution in [2.75, 3.05) is 31.3 Å². The molecule has 0 aromatic heterocycles. The van der Waals surface area contributed by atoms with Crippen molar-refractivity contribution in [3.05, 3.63) is 52.0 Å². The Balaban J connectivity index is 2.10. The average molecular weight is 504 g/mol. The van der Waals surface area contributed by atoms with E-state index in [1.54, 1.807) is 6.07 Å². The van der Waals surface area contributed by atoms with Crippen LogP contribution in [0.3, 0.4) is 0 Å². The molecule has 1 N–H and O–H groups in total. The monoisotopic (exact) mass is 503 g/mol. The smallest absolute Gasteiger partial charge is 0.493 e. The third-order valence-corrected chi connectivity index (χ3v) is 5.71. The molecule has 2 aromatic carbocycles. The maximum atomic E-state index is 12.3. The number of hydrogen-bond acceptors (Lipinski definition) is 8. The van der Waals surface area contributed by atoms with E-state index in [0.717, 1.165) is 10.6 Å². The number of carbonyl (C=O) groups is 2. The highest BCUT2D eigenvalue weighted by Crippen LogP contribution is 2.29. The van der Waals surface area contributed by atoms with Gasteiger partial charge in [0.25, 0.3) is 5.91 Å². The number of sulfonamides is 1. The van der Waals surface area contributed by atoms with Crippen LogP contribution in [0.4, 0.5) is 10.5 Å². The fourth-order valence-electron chi connectivity index (χ4n) is 2.37. The number of carbonyl (C=O) groups excluding carboxylic acids is 2. The molecular weight excluding hydrogens is 485 g/mol. The van der Waals surface area contributed by atoms with Gasteiger partial charge in [0.1, 0.15) is 6.54 Å². The molecule has 13 heteroatoms. The molecule has 172 valence electrons. The van der Waals surface area contributed by atoms with E-state index in [0.29, 0.717) is 5.56 Å². The number of benzene rings is 2. The zero-order valence-corrected chi connectivity index (χ0v) is 19.5. The van der Waals surface area contributed by atoms with Gasteiger partial charge in [-0.05, 0) is 42.0 Å². The van der Waals surface area contributed by atoms with E-state index in [-0.39, 0.29) is 27.2 Å². The lowest BCUT2D eigenvalue weighted by Gasteiger charge is -2.21. The highest BCUT2D eigenvalue weighted by Gasteiger charge is 2.21. The normalized spacial score (nSPS) is 11.2. The Bertz CT molecular complexity index is 1140. The number of ether oxygens (including phenoxy) is 3. The SMILES string of the molecule is COC(=O)Oc1ccc(/C=N\NC(=O)CN(c2ccc(Cl)c(Cl)c2)S(C)(=O)=O)cc1OC. The second-order valence-corrected chi connectivity index (χ2v) is 8.85. The van der Waals surface area contributed by atoms with Gasteiger partial charge in [0.05, 0.1) is 42.4 Å². The van der Waals surface area contributed by atoms with Gasteiger partial charge < -0.3 is 14.2 Å². The molecule has 0 aliphatic rings. The average Bonchev–Trinajstić information content (AvgIpc) is 2.74. The molecule has 2 aromatic rings. The third-order valence-electron chi connectivity index (χ3n) is 3.83. The van der Waals surface area contributed by atoms with Crippen molar-refractivity contribution < 1.29 is 32.2 Å². The molecule has 0 atom stereocenters. The minimum atomic E-state index is -3.80. The van der Waals surface area contributed by atoms with Crippen molar-refractivity contribution in [1.82, 2.24) is 5.43 Å². The molecular formula is C19H19Cl2N3O7S. The molecule has 0 unspecified atom stereocenters. The molecule has 0 saturated heterocycles. The van der Waals surface area contributed by atoms with Crippen LogP contribution in [0.1, 0.15) is 5.56 Å². The molecule has 10 nitrogen and oxygen atoms in total. The summed E-state index contributed by atoms with van der Waals surface area (Å²) in [7, 11) is -1.24. The molecule has 0 fully saturated rings. The van der Waals surface area contributed by atoms with Gasteiger partial charge in [0.15, 0.2) is 11.5 Å². The van der Waals surface area contributed by atoms with Gasteiger partial charge in [0.2, 0.25) is 10.0 Å². The third kappa shape index (κ3) is 7.01. The summed E-state index contributed by atoms with van der Waals surface area (Å²) < 4.78 is 39.6. The fraction of sp³-hybridized carbons (Fsp3) is 0.211. The van der Waals surface area contributed by atoms with Gasteiger partial charge in [-0.25, -0.2) is 18.6 Å². The van der Waals surface area contributed by atoms with Crippen LogP contribution < -0.4 is 19.2 Å². The first-order valence-corrected chi connectivity index (χ1v) is 11.3. The predicted octanol–water partition coefficient (Wildman–Crippen LogP) is 3.06. The van der Waals surface area contributed by atoms with Crippen LogP contribution in [0.25, 0.3) is 0 Å². The Morgan fingerprint density at radius 2 is 1.81 bits per heavy atom. The molecule has 0 aliphatic carbocycles. The molecule has 0 aliphatic heterocycles. The quantitative estimate of drug-likeness (QED) is 0.254. The van der Waals surface area contributed by atoms with Crippen LogP contribution in [0.15, 0.2) is 41.5 Å². The number of anilines is 1. The topological polar surface area (TPSA) is 124 Å². The molecule has 0 heterocycles. The molecule has 0 saturated carbocycles. The van der Waals surface area contributed by atoms with E-state index in [4.69, 9.17) is 32.7 Å². The summed E-state index contributed by atoms with van der Waals surface area (Å²) in [6.07, 6.45) is 1.34. The largest absolute Gasteiger partial charge is 0.513 e. The summed E-state index contributed by atoms with van der Waals surface area (Å²) >= 11 is 11.8. The highest BCUT2D eigenvalue weighted by atomic mass is 35.5. The van der Waals surface area contributed by atoms with Crippen molar-refractivity contribution in [3.8, 4) is 11.5 Å². The Labute approximate surface area is 194 Å². The standard InChI is InChI=1S/C19H19Cl2N3O7S/c1-29-17-8-12(4-7-16(17)31-19(26)30-2)10-22-23-18(25)11-24(32(3,27)28)13-5-6-14(20)15(21)9-13/h4-10H,11H2,1-3H3,(H,23,25)/b22-10-. The number of nitrogens with one attached hydrogen (secondary N) is 1. The van der Waals surface area contributed by atoms with Crippen LogP contribution in [0.2, 0.25) is 10.0 Å². The molecule has 32 heavy (non-hydrogen) atoms. The van der Waals surface area contributed by atoms with Gasteiger partial charge in [-0.15, -0.1) is 0 Å². The lowest BCUT2D eigenvalue weighted by atomic mass is 10.2. The summed E-state index contributed by atoms with van der Waals surface area (Å²) in [4.78, 5) is 23.5. The maximum Gasteiger partial charge on any atom is 0.513 e. The van der Waals surface area contributed by atoms with E-state index in [9.17, 15) is 18.0 Å².